The average Bonchev–Trinajstić information content (AvgIpc) is 2.67. The maximum atomic E-state index is 10.9. The smallest absolute Gasteiger partial charge is 0.269 e. The number of aliphatic hydroxyl groups is 1. The molecule has 3 aromatic carbocycles. The number of nitrogens with one attached hydrogen (secondary N) is 1. The highest BCUT2D eigenvalue weighted by Crippen LogP contribution is 2.32. The summed E-state index contributed by atoms with van der Waals surface area (Å²) in [5.41, 5.74) is 2.46. The van der Waals surface area contributed by atoms with E-state index in [2.05, 4.69) is 5.32 Å². The lowest BCUT2D eigenvalue weighted by Gasteiger charge is -2.26. The second-order valence-electron chi connectivity index (χ2n) is 5.69. The maximum absolute atomic E-state index is 10.9. The molecule has 2 atom stereocenters. The Morgan fingerprint density at radius 1 is 0.800 bits per heavy atom. The van der Waals surface area contributed by atoms with Gasteiger partial charge in [0.1, 0.15) is 6.10 Å². The van der Waals surface area contributed by atoms with Crippen molar-refractivity contribution in [1.82, 2.24) is 0 Å². The number of aliphatic hydroxyl groups excluding tert-OH is 1. The summed E-state index contributed by atoms with van der Waals surface area (Å²) >= 11 is 0. The molecule has 0 aliphatic heterocycles. The van der Waals surface area contributed by atoms with Gasteiger partial charge in [0.2, 0.25) is 0 Å². The Labute approximate surface area is 145 Å². The van der Waals surface area contributed by atoms with Gasteiger partial charge >= 0.3 is 0 Å². The van der Waals surface area contributed by atoms with E-state index in [9.17, 15) is 15.2 Å². The van der Waals surface area contributed by atoms with Crippen molar-refractivity contribution in [3.05, 3.63) is 106 Å². The third-order valence-corrected chi connectivity index (χ3v) is 4.02. The Hall–Kier alpha value is -3.18. The van der Waals surface area contributed by atoms with Crippen molar-refractivity contribution in [2.45, 2.75) is 12.1 Å². The van der Waals surface area contributed by atoms with E-state index in [-0.39, 0.29) is 11.7 Å². The third kappa shape index (κ3) is 4.02. The van der Waals surface area contributed by atoms with E-state index in [4.69, 9.17) is 0 Å². The zero-order chi connectivity index (χ0) is 17.6. The lowest BCUT2D eigenvalue weighted by molar-refractivity contribution is -0.384. The third-order valence-electron chi connectivity index (χ3n) is 4.02. The predicted octanol–water partition coefficient (Wildman–Crippen LogP) is 4.48. The van der Waals surface area contributed by atoms with Gasteiger partial charge in [0.05, 0.1) is 11.0 Å². The standard InChI is InChI=1S/C20H18N2O3/c23-20(16-9-5-2-6-10-16)19(15-7-3-1-4-8-15)21-17-11-13-18(14-12-17)22(24)25/h1-14,19-21,23H/t19-,20+/m0/s1. The number of nitro benzene ring substituents is 1. The molecule has 0 fully saturated rings. The van der Waals surface area contributed by atoms with Gasteiger partial charge in [0, 0.05) is 17.8 Å². The minimum Gasteiger partial charge on any atom is -0.386 e. The van der Waals surface area contributed by atoms with Crippen molar-refractivity contribution < 1.29 is 10.0 Å². The van der Waals surface area contributed by atoms with Crippen LogP contribution < -0.4 is 5.32 Å². The van der Waals surface area contributed by atoms with Crippen molar-refractivity contribution in [3.63, 3.8) is 0 Å². The molecule has 0 unspecified atom stereocenters. The van der Waals surface area contributed by atoms with Crippen molar-refractivity contribution in [2.24, 2.45) is 0 Å². The number of nitrogens with zero attached hydrogens (tertiary/aromatic N) is 1. The molecule has 126 valence electrons. The monoisotopic (exact) mass is 334 g/mol. The van der Waals surface area contributed by atoms with E-state index >= 15 is 0 Å². The number of non-ortho nitro benzene ring substituents is 1. The molecular formula is C20H18N2O3. The lowest BCUT2D eigenvalue weighted by atomic mass is 9.95. The summed E-state index contributed by atoms with van der Waals surface area (Å²) in [4.78, 5) is 10.4. The van der Waals surface area contributed by atoms with E-state index in [1.165, 1.54) is 12.1 Å². The first-order valence-corrected chi connectivity index (χ1v) is 7.94. The molecule has 0 bridgehead atoms. The molecule has 5 heteroatoms. The molecule has 0 heterocycles. The van der Waals surface area contributed by atoms with E-state index in [0.717, 1.165) is 11.1 Å². The van der Waals surface area contributed by atoms with Crippen LogP contribution in [0.4, 0.5) is 11.4 Å². The number of hydrogen-bond donors (Lipinski definition) is 2. The molecule has 3 aromatic rings. The lowest BCUT2D eigenvalue weighted by Crippen LogP contribution is -2.19. The first kappa shape index (κ1) is 16.7. The summed E-state index contributed by atoms with van der Waals surface area (Å²) in [7, 11) is 0. The van der Waals surface area contributed by atoms with E-state index in [1.54, 1.807) is 12.1 Å². The van der Waals surface area contributed by atoms with E-state index in [0.29, 0.717) is 5.69 Å². The van der Waals surface area contributed by atoms with Crippen molar-refractivity contribution in [3.8, 4) is 0 Å². The first-order valence-electron chi connectivity index (χ1n) is 7.94. The van der Waals surface area contributed by atoms with Gasteiger partial charge in [-0.05, 0) is 23.3 Å². The van der Waals surface area contributed by atoms with Gasteiger partial charge in [0.15, 0.2) is 0 Å². The normalized spacial score (nSPS) is 13.0. The van der Waals surface area contributed by atoms with Crippen molar-refractivity contribution in [2.75, 3.05) is 5.32 Å². The SMILES string of the molecule is O=[N+]([O-])c1ccc(N[C@@H](c2ccccc2)[C@H](O)c2ccccc2)cc1. The number of anilines is 1. The molecule has 0 radical (unpaired) electrons. The van der Waals surface area contributed by atoms with Gasteiger partial charge in [-0.3, -0.25) is 10.1 Å². The fourth-order valence-electron chi connectivity index (χ4n) is 2.71. The molecule has 0 spiro atoms. The van der Waals surface area contributed by atoms with Gasteiger partial charge in [-0.25, -0.2) is 0 Å². The molecule has 0 amide bonds. The van der Waals surface area contributed by atoms with Crippen LogP contribution in [0.25, 0.3) is 0 Å². The van der Waals surface area contributed by atoms with E-state index < -0.39 is 11.0 Å². The van der Waals surface area contributed by atoms with Crippen LogP contribution in [-0.2, 0) is 0 Å². The van der Waals surface area contributed by atoms with Gasteiger partial charge in [0.25, 0.3) is 5.69 Å². The summed E-state index contributed by atoms with van der Waals surface area (Å²) < 4.78 is 0. The fraction of sp³-hybridized carbons (Fsp3) is 0.100. The topological polar surface area (TPSA) is 75.4 Å². The highest BCUT2D eigenvalue weighted by molar-refractivity contribution is 5.50. The predicted molar refractivity (Wildman–Crippen MR) is 97.3 cm³/mol. The summed E-state index contributed by atoms with van der Waals surface area (Å²) in [5, 5.41) is 24.9. The van der Waals surface area contributed by atoms with Gasteiger partial charge in [-0.1, -0.05) is 60.7 Å². The maximum Gasteiger partial charge on any atom is 0.269 e. The van der Waals surface area contributed by atoms with Crippen LogP contribution in [0.2, 0.25) is 0 Å². The highest BCUT2D eigenvalue weighted by atomic mass is 16.6. The Bertz CT molecular complexity index is 821. The molecule has 0 aromatic heterocycles. The fourth-order valence-corrected chi connectivity index (χ4v) is 2.71. The van der Waals surface area contributed by atoms with Gasteiger partial charge < -0.3 is 10.4 Å². The van der Waals surface area contributed by atoms with Gasteiger partial charge in [-0.15, -0.1) is 0 Å². The Kier molecular flexibility index (Phi) is 5.06. The molecule has 25 heavy (non-hydrogen) atoms. The highest BCUT2D eigenvalue weighted by Gasteiger charge is 2.22. The van der Waals surface area contributed by atoms with Crippen LogP contribution in [0.1, 0.15) is 23.3 Å². The van der Waals surface area contributed by atoms with Crippen LogP contribution in [0.15, 0.2) is 84.9 Å². The van der Waals surface area contributed by atoms with Gasteiger partial charge in [-0.2, -0.15) is 0 Å². The Morgan fingerprint density at radius 2 is 1.32 bits per heavy atom. The van der Waals surface area contributed by atoms with Crippen molar-refractivity contribution >= 4 is 11.4 Å². The number of benzene rings is 3. The first-order chi connectivity index (χ1) is 12.1. The number of rotatable bonds is 6. The second kappa shape index (κ2) is 7.59. The quantitative estimate of drug-likeness (QED) is 0.515. The molecule has 0 aliphatic carbocycles. The summed E-state index contributed by atoms with van der Waals surface area (Å²) in [6.45, 7) is 0. The Morgan fingerprint density at radius 3 is 1.84 bits per heavy atom. The summed E-state index contributed by atoms with van der Waals surface area (Å²) in [6, 6.07) is 24.8. The summed E-state index contributed by atoms with van der Waals surface area (Å²) in [5.74, 6) is 0. The molecule has 0 aliphatic rings. The molecule has 2 N–H and O–H groups in total. The molecule has 3 rings (SSSR count). The van der Waals surface area contributed by atoms with Crippen LogP contribution in [0.3, 0.4) is 0 Å². The van der Waals surface area contributed by atoms with Crippen LogP contribution in [0.5, 0.6) is 0 Å². The number of nitro groups is 1. The molecular weight excluding hydrogens is 316 g/mol. The largest absolute Gasteiger partial charge is 0.386 e. The minimum absolute atomic E-state index is 0.0328. The summed E-state index contributed by atoms with van der Waals surface area (Å²) in [6.07, 6.45) is -0.765. The molecule has 0 saturated heterocycles. The number of hydrogen-bond acceptors (Lipinski definition) is 4. The average molecular weight is 334 g/mol. The molecule has 0 saturated carbocycles. The zero-order valence-corrected chi connectivity index (χ0v) is 13.4. The van der Waals surface area contributed by atoms with Crippen molar-refractivity contribution in [1.29, 1.82) is 0 Å². The molecule has 5 nitrogen and oxygen atoms in total. The second-order valence-corrected chi connectivity index (χ2v) is 5.69. The van der Waals surface area contributed by atoms with Crippen LogP contribution in [0, 0.1) is 10.1 Å². The van der Waals surface area contributed by atoms with E-state index in [1.807, 2.05) is 60.7 Å². The minimum atomic E-state index is -0.765. The zero-order valence-electron chi connectivity index (χ0n) is 13.4. The van der Waals surface area contributed by atoms with Crippen LogP contribution >= 0.6 is 0 Å². The van der Waals surface area contributed by atoms with Crippen LogP contribution in [-0.4, -0.2) is 10.0 Å². The Balaban J connectivity index is 1.90.